The molecule has 0 unspecified atom stereocenters. The molecule has 9 nitrogen and oxygen atoms in total. The number of nitrogens with two attached hydrogens (primary N) is 2. The van der Waals surface area contributed by atoms with Gasteiger partial charge >= 0.3 is 0 Å². The molecule has 27 heavy (non-hydrogen) atoms. The first-order valence-electron chi connectivity index (χ1n) is 7.58. The maximum atomic E-state index is 12.6. The number of rotatable bonds is 6. The molecular formula is C17H18N6O3S. The zero-order valence-electron chi connectivity index (χ0n) is 14.5. The Labute approximate surface area is 156 Å². The number of carbonyl (C=O) groups is 1. The molecule has 0 bridgehead atoms. The van der Waals surface area contributed by atoms with Crippen molar-refractivity contribution < 1.29 is 13.2 Å². The topological polar surface area (TPSA) is 153 Å². The SMILES string of the molecule is C=N/C(N)=C(\N=C(/C)c1cccnc1)C(=O)Nc1cccc(S(N)(=O)=O)c1. The number of primary sulfonamides is 1. The number of amides is 1. The van der Waals surface area contributed by atoms with Crippen LogP contribution in [0.3, 0.4) is 0 Å². The van der Waals surface area contributed by atoms with Gasteiger partial charge < -0.3 is 11.1 Å². The van der Waals surface area contributed by atoms with Crippen molar-refractivity contribution in [1.29, 1.82) is 0 Å². The van der Waals surface area contributed by atoms with Crippen molar-refractivity contribution in [2.75, 3.05) is 5.32 Å². The molecule has 140 valence electrons. The monoisotopic (exact) mass is 386 g/mol. The molecular weight excluding hydrogens is 368 g/mol. The van der Waals surface area contributed by atoms with E-state index in [9.17, 15) is 13.2 Å². The second kappa shape index (κ2) is 8.34. The molecule has 1 amide bonds. The highest BCUT2D eigenvalue weighted by Crippen LogP contribution is 2.16. The van der Waals surface area contributed by atoms with Crippen molar-refractivity contribution in [1.82, 2.24) is 4.98 Å². The van der Waals surface area contributed by atoms with Gasteiger partial charge in [-0.3, -0.25) is 9.78 Å². The lowest BCUT2D eigenvalue weighted by atomic mass is 10.2. The van der Waals surface area contributed by atoms with Gasteiger partial charge in [-0.1, -0.05) is 12.1 Å². The van der Waals surface area contributed by atoms with Crippen LogP contribution in [0.25, 0.3) is 0 Å². The number of benzene rings is 1. The van der Waals surface area contributed by atoms with Gasteiger partial charge in [0, 0.05) is 29.4 Å². The molecule has 0 saturated heterocycles. The quantitative estimate of drug-likeness (QED) is 0.499. The van der Waals surface area contributed by atoms with E-state index in [1.54, 1.807) is 31.5 Å². The third kappa shape index (κ3) is 5.30. The van der Waals surface area contributed by atoms with Crippen LogP contribution in [0.15, 0.2) is 75.2 Å². The number of sulfonamides is 1. The first kappa shape index (κ1) is 19.9. The molecule has 0 aliphatic carbocycles. The molecule has 0 atom stereocenters. The summed E-state index contributed by atoms with van der Waals surface area (Å²) in [4.78, 5) is 24.2. The fourth-order valence-electron chi connectivity index (χ4n) is 2.05. The maximum Gasteiger partial charge on any atom is 0.278 e. The predicted octanol–water partition coefficient (Wildman–Crippen LogP) is 1.01. The van der Waals surface area contributed by atoms with Gasteiger partial charge in [-0.05, 0) is 37.9 Å². The highest BCUT2D eigenvalue weighted by molar-refractivity contribution is 7.89. The molecule has 1 heterocycles. The first-order valence-corrected chi connectivity index (χ1v) is 9.13. The molecule has 0 aliphatic rings. The highest BCUT2D eigenvalue weighted by atomic mass is 32.2. The number of hydrogen-bond acceptors (Lipinski definition) is 7. The fraction of sp³-hybridized carbons (Fsp3) is 0.0588. The van der Waals surface area contributed by atoms with Gasteiger partial charge in [0.05, 0.1) is 4.90 Å². The lowest BCUT2D eigenvalue weighted by Gasteiger charge is -2.09. The van der Waals surface area contributed by atoms with Crippen molar-refractivity contribution in [3.05, 3.63) is 65.9 Å². The minimum Gasteiger partial charge on any atom is -0.382 e. The van der Waals surface area contributed by atoms with Crippen molar-refractivity contribution in [2.24, 2.45) is 20.9 Å². The van der Waals surface area contributed by atoms with E-state index in [0.717, 1.165) is 0 Å². The standard InChI is InChI=1S/C17H18N6O3S/c1-11(12-5-4-8-21-10-12)22-15(16(18)20-2)17(24)23-13-6-3-7-14(9-13)27(19,25)26/h3-10H,2,18H2,1H3,(H,23,24)(H2,19,25,26)/b16-15-,22-11+. The van der Waals surface area contributed by atoms with Crippen LogP contribution in [0.2, 0.25) is 0 Å². The lowest BCUT2D eigenvalue weighted by molar-refractivity contribution is -0.112. The normalized spacial score (nSPS) is 12.9. The van der Waals surface area contributed by atoms with E-state index in [1.165, 1.54) is 24.3 Å². The Morgan fingerprint density at radius 2 is 2.00 bits per heavy atom. The highest BCUT2D eigenvalue weighted by Gasteiger charge is 2.16. The molecule has 0 radical (unpaired) electrons. The summed E-state index contributed by atoms with van der Waals surface area (Å²) in [5.74, 6) is -0.868. The van der Waals surface area contributed by atoms with Crippen molar-refractivity contribution >= 4 is 34.0 Å². The number of hydrogen-bond donors (Lipinski definition) is 3. The number of nitrogens with zero attached hydrogens (tertiary/aromatic N) is 3. The summed E-state index contributed by atoms with van der Waals surface area (Å²) in [6, 6.07) is 8.98. The maximum absolute atomic E-state index is 12.6. The second-order valence-corrected chi connectivity index (χ2v) is 6.92. The third-order valence-electron chi connectivity index (χ3n) is 3.41. The van der Waals surface area contributed by atoms with E-state index < -0.39 is 15.9 Å². The van der Waals surface area contributed by atoms with Crippen molar-refractivity contribution in [3.8, 4) is 0 Å². The smallest absolute Gasteiger partial charge is 0.278 e. The van der Waals surface area contributed by atoms with Crippen LogP contribution in [0.4, 0.5) is 5.69 Å². The Bertz CT molecular complexity index is 1030. The number of carbonyl (C=O) groups excluding carboxylic acids is 1. The van der Waals surface area contributed by atoms with Gasteiger partial charge in [-0.15, -0.1) is 0 Å². The summed E-state index contributed by atoms with van der Waals surface area (Å²) in [5.41, 5.74) is 6.95. The zero-order valence-corrected chi connectivity index (χ0v) is 15.3. The average molecular weight is 386 g/mol. The second-order valence-electron chi connectivity index (χ2n) is 5.36. The summed E-state index contributed by atoms with van der Waals surface area (Å²) in [6.45, 7) is 4.99. The van der Waals surface area contributed by atoms with Crippen LogP contribution in [0.5, 0.6) is 0 Å². The Morgan fingerprint density at radius 3 is 2.59 bits per heavy atom. The van der Waals surface area contributed by atoms with Gasteiger partial charge in [0.2, 0.25) is 10.0 Å². The average Bonchev–Trinajstić information content (AvgIpc) is 2.65. The Balaban J connectivity index is 2.36. The molecule has 2 rings (SSSR count). The number of pyridine rings is 1. The van der Waals surface area contributed by atoms with Crippen molar-refractivity contribution in [3.63, 3.8) is 0 Å². The molecule has 1 aromatic heterocycles. The number of aromatic nitrogens is 1. The van der Waals surface area contributed by atoms with Crippen molar-refractivity contribution in [2.45, 2.75) is 11.8 Å². The first-order chi connectivity index (χ1) is 12.7. The van der Waals surface area contributed by atoms with Gasteiger partial charge in [0.15, 0.2) is 11.5 Å². The van der Waals surface area contributed by atoms with E-state index in [1.807, 2.05) is 0 Å². The summed E-state index contributed by atoms with van der Waals surface area (Å²) in [5, 5.41) is 7.61. The Morgan fingerprint density at radius 1 is 1.26 bits per heavy atom. The summed E-state index contributed by atoms with van der Waals surface area (Å²) in [7, 11) is -3.91. The lowest BCUT2D eigenvalue weighted by Crippen LogP contribution is -2.19. The van der Waals surface area contributed by atoms with Gasteiger partial charge in [-0.2, -0.15) is 0 Å². The van der Waals surface area contributed by atoms with E-state index in [0.29, 0.717) is 11.3 Å². The zero-order chi connectivity index (χ0) is 20.0. The van der Waals surface area contributed by atoms with Gasteiger partial charge in [0.25, 0.3) is 5.91 Å². The molecule has 0 fully saturated rings. The van der Waals surface area contributed by atoms with Crippen LogP contribution in [-0.2, 0) is 14.8 Å². The van der Waals surface area contributed by atoms with Crippen LogP contribution in [0, 0.1) is 0 Å². The molecule has 1 aromatic carbocycles. The van der Waals surface area contributed by atoms with E-state index in [4.69, 9.17) is 10.9 Å². The van der Waals surface area contributed by atoms with Crippen LogP contribution in [0.1, 0.15) is 12.5 Å². The Hall–Kier alpha value is -3.37. The summed E-state index contributed by atoms with van der Waals surface area (Å²) < 4.78 is 22.9. The molecule has 2 aromatic rings. The molecule has 5 N–H and O–H groups in total. The summed E-state index contributed by atoms with van der Waals surface area (Å²) >= 11 is 0. The summed E-state index contributed by atoms with van der Waals surface area (Å²) in [6.07, 6.45) is 3.19. The van der Waals surface area contributed by atoms with Crippen LogP contribution >= 0.6 is 0 Å². The Kier molecular flexibility index (Phi) is 6.16. The number of nitrogens with one attached hydrogen (secondary N) is 1. The van der Waals surface area contributed by atoms with E-state index in [2.05, 4.69) is 27.0 Å². The minimum absolute atomic E-state index is 0.143. The minimum atomic E-state index is -3.91. The van der Waals surface area contributed by atoms with E-state index >= 15 is 0 Å². The van der Waals surface area contributed by atoms with Gasteiger partial charge in [0.1, 0.15) is 0 Å². The molecule has 0 spiro atoms. The molecule has 0 aliphatic heterocycles. The van der Waals surface area contributed by atoms with Crippen LogP contribution in [-0.4, -0.2) is 31.7 Å². The fourth-order valence-corrected chi connectivity index (χ4v) is 2.61. The third-order valence-corrected chi connectivity index (χ3v) is 4.32. The largest absolute Gasteiger partial charge is 0.382 e. The van der Waals surface area contributed by atoms with Gasteiger partial charge in [-0.25, -0.2) is 23.5 Å². The molecule has 10 heteroatoms. The number of aliphatic imine (C=N–C) groups is 2. The van der Waals surface area contributed by atoms with E-state index in [-0.39, 0.29) is 22.1 Å². The molecule has 0 saturated carbocycles. The predicted molar refractivity (Wildman–Crippen MR) is 104 cm³/mol. The van der Waals surface area contributed by atoms with Crippen LogP contribution < -0.4 is 16.2 Å². The number of anilines is 1.